The molecular formula is C90H107N23O11S4. The number of amides is 7. The number of carbonyl (C=O) groups excluding carboxylic acids is 8. The number of anilines is 12. The highest BCUT2D eigenvalue weighted by molar-refractivity contribution is 7.23. The molecule has 16 rings (SSSR count). The highest BCUT2D eigenvalue weighted by Crippen LogP contribution is 2.44. The van der Waals surface area contributed by atoms with E-state index < -0.39 is 53.1 Å². The van der Waals surface area contributed by atoms with Gasteiger partial charge >= 0.3 is 41.6 Å². The Morgan fingerprint density at radius 2 is 0.797 bits per heavy atom. The van der Waals surface area contributed by atoms with Crippen molar-refractivity contribution < 1.29 is 53.0 Å². The molecule has 1 aliphatic carbocycles. The molecule has 0 spiro atoms. The van der Waals surface area contributed by atoms with Crippen molar-refractivity contribution in [1.29, 1.82) is 0 Å². The standard InChI is InChI=1S/C22H25N5O2S.2C21H24N6O2S.C13H17N3O5.C13H17N3S/c1-11-3-5-15(13-4-6-18-17(9-13)27-22(24)30-18)16(7-11)19(28)21(29)26-14-8-12(2)20(23)25-10-14;2*1-11-3-5-16(13-4-6-17-15(8-13)26-21(23)30-17)27(10-11)20(29)19(28)25-14-7-12(2)18(22)24-9-14;1-7-5-8(15-10(17)11(18)19)6-14-9(7)16-12(20)21-13(2,3)4;1-8-2-4-10(15-7-8)9-3-5-12-11(6-9)16-13(14)17-12/h4,6,8-11,15-16H,3,5,7H2,1-2H3,(H2,23,25)(H2,24,27)(H,26,29);2*4,6-9,11,16H,3,5,10H2,1-2H3,(H2,22,24)(H2,23,26)(H,25,28);5-6H,1-4H3,(H,15,17)(H,18,19)(H,14,16,20);3,5-6,8,10,15H,2,4,7H2,1H3,(H2,14,16)/t11-,15+,16?;2*11-,16+;;8-,10+/m110.0/s1. The van der Waals surface area contributed by atoms with Crippen LogP contribution in [0.25, 0.3) is 40.9 Å². The van der Waals surface area contributed by atoms with Crippen molar-refractivity contribution in [1.82, 2.24) is 55.0 Å². The summed E-state index contributed by atoms with van der Waals surface area (Å²) in [5, 5.41) is 26.9. The van der Waals surface area contributed by atoms with Gasteiger partial charge < -0.3 is 86.4 Å². The number of aromatic nitrogens is 8. The van der Waals surface area contributed by atoms with E-state index in [0.29, 0.717) is 104 Å². The van der Waals surface area contributed by atoms with E-state index in [1.165, 1.54) is 88.0 Å². The van der Waals surface area contributed by atoms with Crippen molar-refractivity contribution in [2.75, 3.05) is 86.4 Å². The van der Waals surface area contributed by atoms with Gasteiger partial charge in [-0.15, -0.1) is 0 Å². The zero-order chi connectivity index (χ0) is 92.3. The summed E-state index contributed by atoms with van der Waals surface area (Å²) in [5.41, 5.74) is 51.9. The summed E-state index contributed by atoms with van der Waals surface area (Å²) in [7, 11) is 0. The van der Waals surface area contributed by atoms with Gasteiger partial charge in [-0.3, -0.25) is 38.9 Å². The van der Waals surface area contributed by atoms with Crippen molar-refractivity contribution in [3.05, 3.63) is 166 Å². The fourth-order valence-electron chi connectivity index (χ4n) is 15.8. The molecule has 38 heteroatoms. The number of likely N-dealkylation sites (tertiary alicyclic amines) is 2. The molecule has 672 valence electrons. The molecule has 4 aliphatic rings. The molecule has 0 radical (unpaired) electrons. The SMILES string of the molecule is C[C@H]1CC[C@H](c2ccc3sc(N)nc3c2)NC1.Cc1cc(NC(=O)C(=O)C2C[C@H](C)CC[C@H]2c2ccc3sc(N)nc3c2)cnc1N.Cc1cc(NC(=O)C(=O)N2C[C@@H](C)CC[C@@H]2c2ccc3sc(N)nc3c2)cnc1N.Cc1cc(NC(=O)C(=O)N2C[C@H](C)CC[C@H]2c2ccc3sc(N)nc3c2)cnc1N.Cc1cc(NC(=O)C(=O)O)cnc1NC(=O)OC(C)(C)C. The van der Waals surface area contributed by atoms with Gasteiger partial charge in [-0.1, -0.05) is 104 Å². The predicted molar refractivity (Wildman–Crippen MR) is 506 cm³/mol. The van der Waals surface area contributed by atoms with E-state index in [-0.39, 0.29) is 41.2 Å². The van der Waals surface area contributed by atoms with Crippen molar-refractivity contribution in [2.24, 2.45) is 29.6 Å². The molecule has 1 unspecified atom stereocenters. The molecule has 21 N–H and O–H groups in total. The first kappa shape index (κ1) is 94.0. The van der Waals surface area contributed by atoms with Gasteiger partial charge in [0.1, 0.15) is 28.9 Å². The maximum atomic E-state index is 13.2. The number of pyridine rings is 4. The molecule has 8 aromatic heterocycles. The maximum absolute atomic E-state index is 13.2. The Bertz CT molecular complexity index is 5740. The number of aryl methyl sites for hydroxylation is 4. The number of ether oxygens (including phenoxy) is 1. The van der Waals surface area contributed by atoms with Crippen LogP contribution in [0.15, 0.2) is 122 Å². The average molecular weight is 1820 g/mol. The van der Waals surface area contributed by atoms with Crippen LogP contribution in [0.2, 0.25) is 0 Å². The number of carbonyl (C=O) groups is 9. The van der Waals surface area contributed by atoms with E-state index in [0.717, 1.165) is 121 Å². The molecular weight excluding hydrogens is 1710 g/mol. The molecule has 128 heavy (non-hydrogen) atoms. The first-order chi connectivity index (χ1) is 60.7. The van der Waals surface area contributed by atoms with Crippen molar-refractivity contribution in [3.63, 3.8) is 0 Å². The normalized spacial score (nSPS) is 19.1. The molecule has 3 saturated heterocycles. The first-order valence-corrected chi connectivity index (χ1v) is 45.2. The van der Waals surface area contributed by atoms with Gasteiger partial charge in [0.25, 0.3) is 5.91 Å². The third-order valence-corrected chi connectivity index (χ3v) is 25.9. The number of aliphatic carboxylic acids is 1. The Hall–Kier alpha value is -13.2. The summed E-state index contributed by atoms with van der Waals surface area (Å²) in [5.74, 6) is -3.35. The number of carboxylic acids is 1. The molecule has 7 amide bonds. The Morgan fingerprint density at radius 1 is 0.430 bits per heavy atom. The molecule has 4 aromatic carbocycles. The van der Waals surface area contributed by atoms with Crippen LogP contribution in [0.5, 0.6) is 0 Å². The first-order valence-electron chi connectivity index (χ1n) is 41.9. The lowest BCUT2D eigenvalue weighted by Crippen LogP contribution is -2.46. The van der Waals surface area contributed by atoms with Gasteiger partial charge in [-0.25, -0.2) is 49.5 Å². The Balaban J connectivity index is 0.000000147. The topological polar surface area (TPSA) is 547 Å². The number of ketones is 1. The third kappa shape index (κ3) is 24.3. The molecule has 9 atom stereocenters. The minimum Gasteiger partial charge on any atom is -0.474 e. The summed E-state index contributed by atoms with van der Waals surface area (Å²) in [6.07, 6.45) is 13.6. The van der Waals surface area contributed by atoms with Gasteiger partial charge in [0, 0.05) is 25.0 Å². The number of nitrogens with zero attached hydrogens (tertiary/aromatic N) is 10. The Labute approximate surface area is 755 Å². The molecule has 3 aliphatic heterocycles. The van der Waals surface area contributed by atoms with Crippen molar-refractivity contribution in [2.45, 2.75) is 164 Å². The van der Waals surface area contributed by atoms with E-state index >= 15 is 0 Å². The lowest BCUT2D eigenvalue weighted by Gasteiger charge is -2.38. The number of nitrogens with one attached hydrogen (secondary N) is 6. The van der Waals surface area contributed by atoms with E-state index in [4.69, 9.17) is 50.0 Å². The fraction of sp³-hybridized carbons (Fsp3) is 0.367. The van der Waals surface area contributed by atoms with Crippen LogP contribution in [0.3, 0.4) is 0 Å². The number of fused-ring (bicyclic) bond motifs is 4. The summed E-state index contributed by atoms with van der Waals surface area (Å²) in [6.45, 7) is 23.0. The quantitative estimate of drug-likeness (QED) is 0.0535. The second kappa shape index (κ2) is 41.1. The third-order valence-electron chi connectivity index (χ3n) is 22.5. The molecule has 12 aromatic rings. The minimum atomic E-state index is -1.59. The zero-order valence-electron chi connectivity index (χ0n) is 72.9. The van der Waals surface area contributed by atoms with Gasteiger partial charge in [-0.2, -0.15) is 0 Å². The zero-order valence-corrected chi connectivity index (χ0v) is 76.2. The summed E-state index contributed by atoms with van der Waals surface area (Å²) in [4.78, 5) is 147. The Morgan fingerprint density at radius 3 is 1.20 bits per heavy atom. The van der Waals surface area contributed by atoms with Crippen LogP contribution in [0.4, 0.5) is 71.3 Å². The number of piperidine rings is 3. The van der Waals surface area contributed by atoms with Crippen LogP contribution in [-0.2, 0) is 43.1 Å². The van der Waals surface area contributed by atoms with E-state index in [1.54, 1.807) is 87.8 Å². The number of nitrogen functional groups attached to an aromatic ring is 7. The number of Topliss-reactive ketones (excluding diaryl/α,β-unsaturated/α-hetero) is 1. The monoisotopic (exact) mass is 1810 g/mol. The van der Waals surface area contributed by atoms with Crippen molar-refractivity contribution in [3.8, 4) is 0 Å². The van der Waals surface area contributed by atoms with Crippen LogP contribution < -0.4 is 72.0 Å². The molecule has 34 nitrogen and oxygen atoms in total. The maximum Gasteiger partial charge on any atom is 0.413 e. The largest absolute Gasteiger partial charge is 0.474 e. The van der Waals surface area contributed by atoms with Crippen LogP contribution in [0, 0.1) is 57.3 Å². The van der Waals surface area contributed by atoms with Crippen LogP contribution in [-0.4, -0.2) is 133 Å². The minimum absolute atomic E-state index is 0.0157. The smallest absolute Gasteiger partial charge is 0.413 e. The van der Waals surface area contributed by atoms with Gasteiger partial charge in [-0.05, 0) is 253 Å². The van der Waals surface area contributed by atoms with E-state index in [9.17, 15) is 43.2 Å². The molecule has 11 heterocycles. The van der Waals surface area contributed by atoms with Crippen LogP contribution in [0.1, 0.15) is 175 Å². The second-order valence-corrected chi connectivity index (χ2v) is 38.2. The Kier molecular flexibility index (Phi) is 30.2. The molecule has 1 saturated carbocycles. The number of nitrogens with two attached hydrogens (primary N) is 7. The van der Waals surface area contributed by atoms with Crippen molar-refractivity contribution >= 4 is 206 Å². The highest BCUT2D eigenvalue weighted by atomic mass is 32.1. The van der Waals surface area contributed by atoms with Crippen LogP contribution >= 0.6 is 45.3 Å². The van der Waals surface area contributed by atoms with Gasteiger partial charge in [0.15, 0.2) is 20.5 Å². The summed E-state index contributed by atoms with van der Waals surface area (Å²) in [6, 6.07) is 31.1. The van der Waals surface area contributed by atoms with Gasteiger partial charge in [0.2, 0.25) is 5.78 Å². The van der Waals surface area contributed by atoms with E-state index in [2.05, 4.69) is 118 Å². The number of hydrogen-bond donors (Lipinski definition) is 14. The number of hydrogen-bond acceptors (Lipinski definition) is 30. The summed E-state index contributed by atoms with van der Waals surface area (Å²) < 4.78 is 9.29. The number of benzene rings is 4. The second-order valence-electron chi connectivity index (χ2n) is 34.0. The lowest BCUT2D eigenvalue weighted by molar-refractivity contribution is -0.147. The van der Waals surface area contributed by atoms with Gasteiger partial charge in [0.05, 0.1) is 100 Å². The number of thiazole rings is 4. The number of carboxylic acid groups (broad SMARTS) is 1. The fourth-order valence-corrected chi connectivity index (χ4v) is 18.7. The highest BCUT2D eigenvalue weighted by Gasteiger charge is 2.40. The average Bonchev–Trinajstić information content (AvgIpc) is 1.57. The number of rotatable bonds is 11. The summed E-state index contributed by atoms with van der Waals surface area (Å²) >= 11 is 5.86. The molecule has 4 fully saturated rings. The predicted octanol–water partition coefficient (Wildman–Crippen LogP) is 14.8. The van der Waals surface area contributed by atoms with E-state index in [1.807, 2.05) is 54.6 Å². The lowest BCUT2D eigenvalue weighted by atomic mass is 9.70. The molecule has 0 bridgehead atoms.